The molecular weight excluding hydrogens is 326 g/mol. The molecule has 128 valence electrons. The van der Waals surface area contributed by atoms with Crippen LogP contribution >= 0.6 is 11.3 Å². The highest BCUT2D eigenvalue weighted by Gasteiger charge is 2.18. The molecule has 0 aliphatic heterocycles. The van der Waals surface area contributed by atoms with Crippen LogP contribution in [0.15, 0.2) is 41.8 Å². The average Bonchev–Trinajstić information content (AvgIpc) is 3.08. The van der Waals surface area contributed by atoms with Crippen molar-refractivity contribution >= 4 is 22.9 Å². The third-order valence-electron chi connectivity index (χ3n) is 3.97. The summed E-state index contributed by atoms with van der Waals surface area (Å²) >= 11 is 1.61. The molecule has 2 rings (SSSR count). The second-order valence-corrected chi connectivity index (χ2v) is 6.73. The lowest BCUT2D eigenvalue weighted by molar-refractivity contribution is -0.384. The number of carbonyl (C=O) groups excluding carboxylic acids is 1. The molecular formula is C17H21N3O3S. The summed E-state index contributed by atoms with van der Waals surface area (Å²) < 4.78 is 0. The maximum absolute atomic E-state index is 12.2. The zero-order chi connectivity index (χ0) is 17.7. The highest BCUT2D eigenvalue weighted by molar-refractivity contribution is 7.10. The molecule has 1 aromatic carbocycles. The molecule has 0 saturated carbocycles. The van der Waals surface area contributed by atoms with Gasteiger partial charge >= 0.3 is 0 Å². The first-order valence-corrected chi connectivity index (χ1v) is 8.53. The zero-order valence-corrected chi connectivity index (χ0v) is 14.7. The highest BCUT2D eigenvalue weighted by atomic mass is 32.1. The van der Waals surface area contributed by atoms with Gasteiger partial charge in [0.2, 0.25) is 5.91 Å². The molecule has 0 saturated heterocycles. The summed E-state index contributed by atoms with van der Waals surface area (Å²) in [7, 11) is 1.83. The van der Waals surface area contributed by atoms with Crippen molar-refractivity contribution in [2.24, 2.45) is 0 Å². The number of non-ortho nitro benzene ring substituents is 1. The fraction of sp³-hybridized carbons (Fsp3) is 0.353. The van der Waals surface area contributed by atoms with Crippen LogP contribution in [0, 0.1) is 10.1 Å². The van der Waals surface area contributed by atoms with E-state index in [1.54, 1.807) is 23.5 Å². The van der Waals surface area contributed by atoms with Crippen LogP contribution < -0.4 is 5.32 Å². The molecule has 0 fully saturated rings. The standard InChI is InChI=1S/C17H21N3O3S/c1-12(16-8-5-9-24-16)18-17(21)11-19(3)13(2)14-6-4-7-15(10-14)20(22)23/h4-10,12-13H,11H2,1-3H3,(H,18,21)/t12-,13-/m1/s1. The maximum Gasteiger partial charge on any atom is 0.269 e. The van der Waals surface area contributed by atoms with E-state index in [1.807, 2.05) is 49.4 Å². The minimum Gasteiger partial charge on any atom is -0.348 e. The van der Waals surface area contributed by atoms with Crippen LogP contribution in [0.2, 0.25) is 0 Å². The predicted molar refractivity (Wildman–Crippen MR) is 95.0 cm³/mol. The Morgan fingerprint density at radius 2 is 2.08 bits per heavy atom. The van der Waals surface area contributed by atoms with Crippen molar-refractivity contribution in [2.45, 2.75) is 25.9 Å². The average molecular weight is 347 g/mol. The number of hydrogen-bond donors (Lipinski definition) is 1. The third-order valence-corrected chi connectivity index (χ3v) is 5.02. The molecule has 1 heterocycles. The number of carbonyl (C=O) groups is 1. The molecule has 0 aliphatic carbocycles. The maximum atomic E-state index is 12.2. The van der Waals surface area contributed by atoms with Gasteiger partial charge in [0.1, 0.15) is 0 Å². The van der Waals surface area contributed by atoms with Gasteiger partial charge in [-0.3, -0.25) is 19.8 Å². The number of rotatable bonds is 7. The number of benzene rings is 1. The number of hydrogen-bond acceptors (Lipinski definition) is 5. The second kappa shape index (κ2) is 8.03. The van der Waals surface area contributed by atoms with Crippen molar-refractivity contribution in [1.29, 1.82) is 0 Å². The van der Waals surface area contributed by atoms with E-state index in [2.05, 4.69) is 5.32 Å². The molecule has 0 radical (unpaired) electrons. The summed E-state index contributed by atoms with van der Waals surface area (Å²) in [6.45, 7) is 4.10. The van der Waals surface area contributed by atoms with E-state index in [0.717, 1.165) is 10.4 Å². The minimum absolute atomic E-state index is 0.0287. The van der Waals surface area contributed by atoms with Gasteiger partial charge in [-0.1, -0.05) is 18.2 Å². The Morgan fingerprint density at radius 1 is 1.33 bits per heavy atom. The Hall–Kier alpha value is -2.25. The van der Waals surface area contributed by atoms with Crippen molar-refractivity contribution in [2.75, 3.05) is 13.6 Å². The zero-order valence-electron chi connectivity index (χ0n) is 13.9. The van der Waals surface area contributed by atoms with Crippen LogP contribution in [0.5, 0.6) is 0 Å². The Labute approximate surface area is 145 Å². The Morgan fingerprint density at radius 3 is 2.71 bits per heavy atom. The molecule has 6 nitrogen and oxygen atoms in total. The Bertz CT molecular complexity index is 703. The van der Waals surface area contributed by atoms with Gasteiger partial charge in [0.15, 0.2) is 0 Å². The van der Waals surface area contributed by atoms with E-state index in [-0.39, 0.29) is 30.2 Å². The molecule has 2 atom stereocenters. The Balaban J connectivity index is 1.95. The number of nitro benzene ring substituents is 1. The fourth-order valence-electron chi connectivity index (χ4n) is 2.41. The minimum atomic E-state index is -0.411. The molecule has 0 spiro atoms. The number of likely N-dealkylation sites (N-methyl/N-ethyl adjacent to an activating group) is 1. The van der Waals surface area contributed by atoms with Gasteiger partial charge in [0.25, 0.3) is 5.69 Å². The van der Waals surface area contributed by atoms with Gasteiger partial charge in [-0.05, 0) is 37.9 Å². The second-order valence-electron chi connectivity index (χ2n) is 5.75. The first kappa shape index (κ1) is 18.1. The first-order chi connectivity index (χ1) is 11.4. The monoisotopic (exact) mass is 347 g/mol. The molecule has 7 heteroatoms. The number of thiophene rings is 1. The number of amides is 1. The summed E-state index contributed by atoms with van der Waals surface area (Å²) in [5.41, 5.74) is 0.870. The third kappa shape index (κ3) is 4.62. The summed E-state index contributed by atoms with van der Waals surface area (Å²) in [5, 5.41) is 15.8. The van der Waals surface area contributed by atoms with Crippen molar-refractivity contribution < 1.29 is 9.72 Å². The first-order valence-electron chi connectivity index (χ1n) is 7.66. The molecule has 0 unspecified atom stereocenters. The van der Waals surface area contributed by atoms with Gasteiger partial charge in [-0.25, -0.2) is 0 Å². The van der Waals surface area contributed by atoms with Crippen molar-refractivity contribution in [3.05, 3.63) is 62.3 Å². The summed E-state index contributed by atoms with van der Waals surface area (Å²) in [5.74, 6) is -0.0734. The van der Waals surface area contributed by atoms with Gasteiger partial charge < -0.3 is 5.32 Å². The smallest absolute Gasteiger partial charge is 0.269 e. The molecule has 1 aromatic heterocycles. The topological polar surface area (TPSA) is 75.5 Å². The van der Waals surface area contributed by atoms with E-state index >= 15 is 0 Å². The van der Waals surface area contributed by atoms with E-state index in [0.29, 0.717) is 0 Å². The SMILES string of the molecule is C[C@H](c1cccc([N+](=O)[O-])c1)N(C)CC(=O)N[C@H](C)c1cccs1. The summed E-state index contributed by atoms with van der Waals surface area (Å²) in [6.07, 6.45) is 0. The van der Waals surface area contributed by atoms with Crippen molar-refractivity contribution in [3.8, 4) is 0 Å². The van der Waals surface area contributed by atoms with E-state index in [4.69, 9.17) is 0 Å². The van der Waals surface area contributed by atoms with Crippen LogP contribution in [0.25, 0.3) is 0 Å². The van der Waals surface area contributed by atoms with Gasteiger partial charge in [-0.15, -0.1) is 11.3 Å². The van der Waals surface area contributed by atoms with Crippen LogP contribution in [-0.4, -0.2) is 29.3 Å². The lowest BCUT2D eigenvalue weighted by atomic mass is 10.1. The fourth-order valence-corrected chi connectivity index (χ4v) is 3.15. The quantitative estimate of drug-likeness (QED) is 0.614. The normalized spacial score (nSPS) is 13.5. The van der Waals surface area contributed by atoms with Crippen molar-refractivity contribution in [3.63, 3.8) is 0 Å². The van der Waals surface area contributed by atoms with Crippen LogP contribution in [0.3, 0.4) is 0 Å². The van der Waals surface area contributed by atoms with Crippen LogP contribution in [-0.2, 0) is 4.79 Å². The molecule has 1 amide bonds. The molecule has 24 heavy (non-hydrogen) atoms. The van der Waals surface area contributed by atoms with Crippen LogP contribution in [0.4, 0.5) is 5.69 Å². The molecule has 2 aromatic rings. The Kier molecular flexibility index (Phi) is 6.05. The van der Waals surface area contributed by atoms with Gasteiger partial charge in [0.05, 0.1) is 17.5 Å². The molecule has 1 N–H and O–H groups in total. The molecule has 0 bridgehead atoms. The molecule has 0 aliphatic rings. The summed E-state index contributed by atoms with van der Waals surface area (Å²) in [6, 6.07) is 10.3. The predicted octanol–water partition coefficient (Wildman–Crippen LogP) is 3.53. The van der Waals surface area contributed by atoms with Gasteiger partial charge in [0, 0.05) is 23.1 Å². The number of nitro groups is 1. The van der Waals surface area contributed by atoms with Crippen LogP contribution in [0.1, 0.15) is 36.4 Å². The highest BCUT2D eigenvalue weighted by Crippen LogP contribution is 2.23. The van der Waals surface area contributed by atoms with Crippen molar-refractivity contribution in [1.82, 2.24) is 10.2 Å². The summed E-state index contributed by atoms with van der Waals surface area (Å²) in [4.78, 5) is 25.7. The lowest BCUT2D eigenvalue weighted by Gasteiger charge is -2.25. The largest absolute Gasteiger partial charge is 0.348 e. The van der Waals surface area contributed by atoms with E-state index in [9.17, 15) is 14.9 Å². The lowest BCUT2D eigenvalue weighted by Crippen LogP contribution is -2.37. The van der Waals surface area contributed by atoms with Gasteiger partial charge in [-0.2, -0.15) is 0 Å². The number of nitrogens with zero attached hydrogens (tertiary/aromatic N) is 2. The van der Waals surface area contributed by atoms with E-state index in [1.165, 1.54) is 6.07 Å². The van der Waals surface area contributed by atoms with E-state index < -0.39 is 4.92 Å². The number of nitrogens with one attached hydrogen (secondary N) is 1.